The Balaban J connectivity index is 1.54. The molecular weight excluding hydrogens is 354 g/mol. The first-order valence-electron chi connectivity index (χ1n) is 8.85. The Morgan fingerprint density at radius 1 is 1.42 bits per heavy atom. The van der Waals surface area contributed by atoms with Crippen LogP contribution >= 0.6 is 11.6 Å². The molecule has 1 aromatic heterocycles. The van der Waals surface area contributed by atoms with E-state index in [1.165, 1.54) is 0 Å². The molecule has 1 atom stereocenters. The van der Waals surface area contributed by atoms with Gasteiger partial charge in [-0.25, -0.2) is 4.98 Å². The minimum atomic E-state index is -0.587. The van der Waals surface area contributed by atoms with E-state index in [0.717, 1.165) is 49.4 Å². The summed E-state index contributed by atoms with van der Waals surface area (Å²) in [5.74, 6) is 1.45. The summed E-state index contributed by atoms with van der Waals surface area (Å²) in [6.07, 6.45) is 2.77. The minimum absolute atomic E-state index is 0.0280. The van der Waals surface area contributed by atoms with Crippen LogP contribution in [0.3, 0.4) is 0 Å². The lowest BCUT2D eigenvalue weighted by Gasteiger charge is -2.39. The number of aryl methyl sites for hydroxylation is 1. The Kier molecular flexibility index (Phi) is 4.61. The van der Waals surface area contributed by atoms with E-state index >= 15 is 0 Å². The lowest BCUT2D eigenvalue weighted by molar-refractivity contribution is -0.147. The molecule has 0 saturated carbocycles. The standard InChI is InChI=1S/C19H22ClN3O3/c1-12-22-10-14(25-12)11-23-6-4-19(5-7-23)16-8-13(20)2-3-15(16)18(26-19)17(24)9-21/h2-3,8,10,18H,4-7,9,11,21H2,1H3. The highest BCUT2D eigenvalue weighted by Crippen LogP contribution is 2.50. The van der Waals surface area contributed by atoms with Crippen molar-refractivity contribution >= 4 is 17.4 Å². The average molecular weight is 376 g/mol. The van der Waals surface area contributed by atoms with Crippen LogP contribution in [-0.4, -0.2) is 35.3 Å². The Labute approximate surface area is 157 Å². The number of oxazole rings is 1. The maximum atomic E-state index is 12.3. The summed E-state index contributed by atoms with van der Waals surface area (Å²) in [6.45, 7) is 4.23. The van der Waals surface area contributed by atoms with Crippen molar-refractivity contribution < 1.29 is 13.9 Å². The van der Waals surface area contributed by atoms with Gasteiger partial charge in [-0.3, -0.25) is 9.69 Å². The number of nitrogens with two attached hydrogens (primary N) is 1. The summed E-state index contributed by atoms with van der Waals surface area (Å²) >= 11 is 6.23. The van der Waals surface area contributed by atoms with Gasteiger partial charge in [0.1, 0.15) is 11.9 Å². The summed E-state index contributed by atoms with van der Waals surface area (Å²) in [6, 6.07) is 5.64. The van der Waals surface area contributed by atoms with Crippen LogP contribution in [0.1, 0.15) is 41.7 Å². The predicted octanol–water partition coefficient (Wildman–Crippen LogP) is 2.73. The maximum absolute atomic E-state index is 12.3. The molecule has 0 aliphatic carbocycles. The fraction of sp³-hybridized carbons (Fsp3) is 0.474. The second-order valence-corrected chi connectivity index (χ2v) is 7.45. The molecule has 26 heavy (non-hydrogen) atoms. The van der Waals surface area contributed by atoms with Gasteiger partial charge in [0.2, 0.25) is 0 Å². The van der Waals surface area contributed by atoms with Gasteiger partial charge in [0.15, 0.2) is 11.7 Å². The number of hydrogen-bond donors (Lipinski definition) is 1. The van der Waals surface area contributed by atoms with E-state index in [4.69, 9.17) is 26.5 Å². The molecule has 2 N–H and O–H groups in total. The van der Waals surface area contributed by atoms with E-state index in [1.807, 2.05) is 19.1 Å². The Bertz CT molecular complexity index is 827. The van der Waals surface area contributed by atoms with Gasteiger partial charge in [-0.05, 0) is 36.1 Å². The van der Waals surface area contributed by atoms with Crippen molar-refractivity contribution in [3.05, 3.63) is 52.2 Å². The molecule has 2 aliphatic rings. The number of likely N-dealkylation sites (tertiary alicyclic amines) is 1. The lowest BCUT2D eigenvalue weighted by atomic mass is 9.83. The SMILES string of the molecule is Cc1ncc(CN2CCC3(CC2)OC(C(=O)CN)c2ccc(Cl)cc23)o1. The monoisotopic (exact) mass is 375 g/mol. The number of piperidine rings is 1. The van der Waals surface area contributed by atoms with Crippen molar-refractivity contribution in [2.24, 2.45) is 5.73 Å². The van der Waals surface area contributed by atoms with Crippen molar-refractivity contribution in [2.45, 2.75) is 38.0 Å². The Hall–Kier alpha value is -1.73. The second-order valence-electron chi connectivity index (χ2n) is 7.02. The zero-order chi connectivity index (χ0) is 18.3. The second kappa shape index (κ2) is 6.78. The third kappa shape index (κ3) is 3.07. The fourth-order valence-corrected chi connectivity index (χ4v) is 4.18. The van der Waals surface area contributed by atoms with Crippen LogP contribution in [0.5, 0.6) is 0 Å². The van der Waals surface area contributed by atoms with Gasteiger partial charge in [0.05, 0.1) is 24.9 Å². The van der Waals surface area contributed by atoms with Crippen LogP contribution in [0.15, 0.2) is 28.8 Å². The number of carbonyl (C=O) groups is 1. The van der Waals surface area contributed by atoms with Crippen LogP contribution in [0.2, 0.25) is 5.02 Å². The number of benzene rings is 1. The van der Waals surface area contributed by atoms with Gasteiger partial charge in [0.25, 0.3) is 0 Å². The van der Waals surface area contributed by atoms with Crippen LogP contribution in [-0.2, 0) is 21.7 Å². The Morgan fingerprint density at radius 3 is 2.85 bits per heavy atom. The Morgan fingerprint density at radius 2 is 2.19 bits per heavy atom. The van der Waals surface area contributed by atoms with E-state index in [1.54, 1.807) is 12.3 Å². The highest BCUT2D eigenvalue weighted by atomic mass is 35.5. The molecule has 0 amide bonds. The molecule has 2 aliphatic heterocycles. The van der Waals surface area contributed by atoms with E-state index < -0.39 is 11.7 Å². The van der Waals surface area contributed by atoms with Gasteiger partial charge in [0, 0.05) is 25.0 Å². The van der Waals surface area contributed by atoms with Gasteiger partial charge < -0.3 is 14.9 Å². The summed E-state index contributed by atoms with van der Waals surface area (Å²) in [7, 11) is 0. The third-order valence-corrected chi connectivity index (χ3v) is 5.57. The van der Waals surface area contributed by atoms with Crippen LogP contribution in [0.25, 0.3) is 0 Å². The zero-order valence-corrected chi connectivity index (χ0v) is 15.5. The molecule has 2 aromatic rings. The number of aromatic nitrogens is 1. The molecule has 1 unspecified atom stereocenters. The molecule has 0 radical (unpaired) electrons. The molecule has 1 saturated heterocycles. The molecule has 0 bridgehead atoms. The van der Waals surface area contributed by atoms with Gasteiger partial charge in [-0.2, -0.15) is 0 Å². The van der Waals surface area contributed by atoms with Crippen LogP contribution < -0.4 is 5.73 Å². The smallest absolute Gasteiger partial charge is 0.191 e. The van der Waals surface area contributed by atoms with Gasteiger partial charge in [-0.15, -0.1) is 0 Å². The average Bonchev–Trinajstić information content (AvgIpc) is 3.18. The highest BCUT2D eigenvalue weighted by molar-refractivity contribution is 6.30. The fourth-order valence-electron chi connectivity index (χ4n) is 4.01. The molecule has 1 spiro atoms. The van der Waals surface area contributed by atoms with E-state index in [9.17, 15) is 4.79 Å². The summed E-state index contributed by atoms with van der Waals surface area (Å²) < 4.78 is 11.9. The van der Waals surface area contributed by atoms with Crippen molar-refractivity contribution in [3.63, 3.8) is 0 Å². The number of hydrogen-bond acceptors (Lipinski definition) is 6. The van der Waals surface area contributed by atoms with Crippen LogP contribution in [0, 0.1) is 6.92 Å². The van der Waals surface area contributed by atoms with Gasteiger partial charge >= 0.3 is 0 Å². The highest BCUT2D eigenvalue weighted by Gasteiger charge is 2.48. The number of ketones is 1. The third-order valence-electron chi connectivity index (χ3n) is 5.34. The van der Waals surface area contributed by atoms with Gasteiger partial charge in [-0.1, -0.05) is 17.7 Å². The summed E-state index contributed by atoms with van der Waals surface area (Å²) in [5.41, 5.74) is 7.06. The number of rotatable bonds is 4. The summed E-state index contributed by atoms with van der Waals surface area (Å²) in [5, 5.41) is 0.659. The van der Waals surface area contributed by atoms with E-state index in [0.29, 0.717) is 10.9 Å². The molecule has 138 valence electrons. The number of carbonyl (C=O) groups excluding carboxylic acids is 1. The molecule has 6 nitrogen and oxygen atoms in total. The molecule has 7 heteroatoms. The molecule has 3 heterocycles. The minimum Gasteiger partial charge on any atom is -0.445 e. The predicted molar refractivity (Wildman–Crippen MR) is 96.8 cm³/mol. The normalized spacial score (nSPS) is 21.9. The van der Waals surface area contributed by atoms with Crippen molar-refractivity contribution in [2.75, 3.05) is 19.6 Å². The first-order chi connectivity index (χ1) is 12.5. The van der Waals surface area contributed by atoms with Crippen LogP contribution in [0.4, 0.5) is 0 Å². The zero-order valence-electron chi connectivity index (χ0n) is 14.7. The maximum Gasteiger partial charge on any atom is 0.191 e. The van der Waals surface area contributed by atoms with Crippen molar-refractivity contribution in [1.82, 2.24) is 9.88 Å². The quantitative estimate of drug-likeness (QED) is 0.884. The molecular formula is C19H22ClN3O3. The summed E-state index contributed by atoms with van der Waals surface area (Å²) in [4.78, 5) is 18.7. The topological polar surface area (TPSA) is 81.6 Å². The number of nitrogens with zero attached hydrogens (tertiary/aromatic N) is 2. The largest absolute Gasteiger partial charge is 0.445 e. The lowest BCUT2D eigenvalue weighted by Crippen LogP contribution is -2.42. The number of ether oxygens (including phenoxy) is 1. The van der Waals surface area contributed by atoms with Crippen molar-refractivity contribution in [3.8, 4) is 0 Å². The molecule has 1 aromatic carbocycles. The van der Waals surface area contributed by atoms with Crippen molar-refractivity contribution in [1.29, 1.82) is 0 Å². The number of halogens is 1. The van der Waals surface area contributed by atoms with E-state index in [2.05, 4.69) is 9.88 Å². The van der Waals surface area contributed by atoms with E-state index in [-0.39, 0.29) is 12.3 Å². The molecule has 4 rings (SSSR count). The number of Topliss-reactive ketones (excluding diaryl/α,β-unsaturated/α-hetero) is 1. The first-order valence-corrected chi connectivity index (χ1v) is 9.23. The first kappa shape index (κ1) is 17.7. The number of fused-ring (bicyclic) bond motifs is 2. The molecule has 1 fully saturated rings.